The van der Waals surface area contributed by atoms with Crippen molar-refractivity contribution in [2.45, 2.75) is 45.6 Å². The number of carbonyl (C=O) groups excluding carboxylic acids is 1. The Bertz CT molecular complexity index is 423. The van der Waals surface area contributed by atoms with Crippen LogP contribution in [0.1, 0.15) is 37.3 Å². The van der Waals surface area contributed by atoms with Gasteiger partial charge in [0.15, 0.2) is 0 Å². The van der Waals surface area contributed by atoms with Crippen LogP contribution in [0.4, 0.5) is 5.69 Å². The molecule has 0 bridgehead atoms. The first-order valence-electron chi connectivity index (χ1n) is 6.84. The fourth-order valence-corrected chi connectivity index (χ4v) is 2.44. The van der Waals surface area contributed by atoms with E-state index in [9.17, 15) is 4.79 Å². The quantitative estimate of drug-likeness (QED) is 0.861. The molecule has 0 saturated carbocycles. The van der Waals surface area contributed by atoms with E-state index >= 15 is 0 Å². The summed E-state index contributed by atoms with van der Waals surface area (Å²) in [6.07, 6.45) is 4.25. The molecule has 0 radical (unpaired) electrons. The van der Waals surface area contributed by atoms with Gasteiger partial charge in [0.05, 0.1) is 6.04 Å². The van der Waals surface area contributed by atoms with Crippen LogP contribution in [-0.4, -0.2) is 18.5 Å². The minimum Gasteiger partial charge on any atom is -0.325 e. The molecule has 1 amide bonds. The Morgan fingerprint density at radius 3 is 2.94 bits per heavy atom. The molecule has 1 atom stereocenters. The van der Waals surface area contributed by atoms with Crippen LogP contribution in [0.2, 0.25) is 0 Å². The summed E-state index contributed by atoms with van der Waals surface area (Å²) in [5.41, 5.74) is 3.49. The van der Waals surface area contributed by atoms with Crippen molar-refractivity contribution in [3.63, 3.8) is 0 Å². The molecular weight excluding hydrogens is 224 g/mol. The van der Waals surface area contributed by atoms with Crippen LogP contribution in [0.15, 0.2) is 18.2 Å². The van der Waals surface area contributed by atoms with Crippen molar-refractivity contribution in [1.29, 1.82) is 0 Å². The Morgan fingerprint density at radius 1 is 1.44 bits per heavy atom. The molecule has 0 aliphatic carbocycles. The topological polar surface area (TPSA) is 41.1 Å². The van der Waals surface area contributed by atoms with Gasteiger partial charge in [0.25, 0.3) is 0 Å². The van der Waals surface area contributed by atoms with Gasteiger partial charge in [0, 0.05) is 5.69 Å². The number of piperidine rings is 1. The number of anilines is 1. The van der Waals surface area contributed by atoms with Gasteiger partial charge < -0.3 is 10.6 Å². The summed E-state index contributed by atoms with van der Waals surface area (Å²) in [4.78, 5) is 12.1. The zero-order chi connectivity index (χ0) is 13.0. The third kappa shape index (κ3) is 3.10. The second kappa shape index (κ2) is 6.01. The van der Waals surface area contributed by atoms with Crippen LogP contribution in [0, 0.1) is 6.92 Å². The molecule has 1 aliphatic rings. The minimum atomic E-state index is -0.0230. The molecule has 0 aromatic heterocycles. The number of amides is 1. The van der Waals surface area contributed by atoms with Crippen molar-refractivity contribution in [1.82, 2.24) is 5.32 Å². The molecular formula is C15H22N2O. The van der Waals surface area contributed by atoms with Gasteiger partial charge in [-0.3, -0.25) is 4.79 Å². The maximum absolute atomic E-state index is 12.1. The molecule has 0 spiro atoms. The molecule has 1 aromatic rings. The summed E-state index contributed by atoms with van der Waals surface area (Å²) in [6.45, 7) is 5.19. The predicted octanol–water partition coefficient (Wildman–Crippen LogP) is 2.64. The van der Waals surface area contributed by atoms with Gasteiger partial charge in [-0.05, 0) is 56.0 Å². The first-order chi connectivity index (χ1) is 8.70. The Balaban J connectivity index is 2.02. The van der Waals surface area contributed by atoms with Crippen LogP contribution >= 0.6 is 0 Å². The smallest absolute Gasteiger partial charge is 0.241 e. The monoisotopic (exact) mass is 246 g/mol. The first kappa shape index (κ1) is 13.1. The van der Waals surface area contributed by atoms with Crippen LogP contribution < -0.4 is 10.6 Å². The Kier molecular flexibility index (Phi) is 4.37. The van der Waals surface area contributed by atoms with E-state index in [1.165, 1.54) is 17.5 Å². The summed E-state index contributed by atoms with van der Waals surface area (Å²) in [5.74, 6) is 0.0978. The van der Waals surface area contributed by atoms with Gasteiger partial charge >= 0.3 is 0 Å². The van der Waals surface area contributed by atoms with Gasteiger partial charge in [0.1, 0.15) is 0 Å². The molecule has 1 aliphatic heterocycles. The van der Waals surface area contributed by atoms with Gasteiger partial charge in [0.2, 0.25) is 5.91 Å². The van der Waals surface area contributed by atoms with E-state index in [4.69, 9.17) is 0 Å². The number of aryl methyl sites for hydroxylation is 2. The zero-order valence-corrected chi connectivity index (χ0v) is 11.3. The highest BCUT2D eigenvalue weighted by Crippen LogP contribution is 2.17. The highest BCUT2D eigenvalue weighted by atomic mass is 16.2. The molecule has 1 saturated heterocycles. The number of rotatable bonds is 3. The molecule has 2 rings (SSSR count). The maximum Gasteiger partial charge on any atom is 0.241 e. The van der Waals surface area contributed by atoms with Crippen LogP contribution in [-0.2, 0) is 11.2 Å². The van der Waals surface area contributed by atoms with E-state index in [2.05, 4.69) is 36.6 Å². The molecule has 3 nitrogen and oxygen atoms in total. The molecule has 1 fully saturated rings. The lowest BCUT2D eigenvalue weighted by Gasteiger charge is -2.22. The summed E-state index contributed by atoms with van der Waals surface area (Å²) in [5, 5.41) is 6.28. The number of carbonyl (C=O) groups is 1. The van der Waals surface area contributed by atoms with Crippen molar-refractivity contribution in [3.8, 4) is 0 Å². The average Bonchev–Trinajstić information content (AvgIpc) is 2.42. The lowest BCUT2D eigenvalue weighted by Crippen LogP contribution is -2.43. The second-order valence-electron chi connectivity index (χ2n) is 4.99. The minimum absolute atomic E-state index is 0.0230. The number of benzene rings is 1. The molecule has 1 heterocycles. The summed E-state index contributed by atoms with van der Waals surface area (Å²) in [6, 6.07) is 6.11. The van der Waals surface area contributed by atoms with Crippen molar-refractivity contribution < 1.29 is 4.79 Å². The van der Waals surface area contributed by atoms with E-state index in [0.717, 1.165) is 31.5 Å². The highest BCUT2D eigenvalue weighted by Gasteiger charge is 2.20. The first-order valence-corrected chi connectivity index (χ1v) is 6.84. The third-order valence-corrected chi connectivity index (χ3v) is 3.62. The largest absolute Gasteiger partial charge is 0.325 e. The van der Waals surface area contributed by atoms with Crippen LogP contribution in [0.3, 0.4) is 0 Å². The SMILES string of the molecule is CCc1cc(NC(=O)C2CCCCN2)ccc1C. The lowest BCUT2D eigenvalue weighted by molar-refractivity contribution is -0.118. The summed E-state index contributed by atoms with van der Waals surface area (Å²) in [7, 11) is 0. The van der Waals surface area contributed by atoms with Crippen molar-refractivity contribution in [3.05, 3.63) is 29.3 Å². The Morgan fingerprint density at radius 2 is 2.28 bits per heavy atom. The van der Waals surface area contributed by atoms with Gasteiger partial charge in [-0.1, -0.05) is 19.4 Å². The van der Waals surface area contributed by atoms with Crippen LogP contribution in [0.5, 0.6) is 0 Å². The molecule has 1 aromatic carbocycles. The molecule has 3 heteroatoms. The Hall–Kier alpha value is -1.35. The summed E-state index contributed by atoms with van der Waals surface area (Å²) < 4.78 is 0. The maximum atomic E-state index is 12.1. The Labute approximate surface area is 109 Å². The van der Waals surface area contributed by atoms with E-state index in [-0.39, 0.29) is 11.9 Å². The second-order valence-corrected chi connectivity index (χ2v) is 4.99. The normalized spacial score (nSPS) is 19.6. The molecule has 2 N–H and O–H groups in total. The number of nitrogens with one attached hydrogen (secondary N) is 2. The van der Waals surface area contributed by atoms with E-state index in [1.54, 1.807) is 0 Å². The number of hydrogen-bond acceptors (Lipinski definition) is 2. The standard InChI is InChI=1S/C15H22N2O/c1-3-12-10-13(8-7-11(12)2)17-15(18)14-6-4-5-9-16-14/h7-8,10,14,16H,3-6,9H2,1-2H3,(H,17,18). The average molecular weight is 246 g/mol. The molecule has 1 unspecified atom stereocenters. The van der Waals surface area contributed by atoms with Crippen molar-refractivity contribution in [2.75, 3.05) is 11.9 Å². The zero-order valence-electron chi connectivity index (χ0n) is 11.3. The lowest BCUT2D eigenvalue weighted by atomic mass is 10.0. The fraction of sp³-hybridized carbons (Fsp3) is 0.533. The molecule has 98 valence electrons. The van der Waals surface area contributed by atoms with Gasteiger partial charge in [-0.15, -0.1) is 0 Å². The third-order valence-electron chi connectivity index (χ3n) is 3.62. The van der Waals surface area contributed by atoms with Gasteiger partial charge in [-0.25, -0.2) is 0 Å². The van der Waals surface area contributed by atoms with E-state index in [0.29, 0.717) is 0 Å². The van der Waals surface area contributed by atoms with E-state index < -0.39 is 0 Å². The number of hydrogen-bond donors (Lipinski definition) is 2. The summed E-state index contributed by atoms with van der Waals surface area (Å²) >= 11 is 0. The molecule has 18 heavy (non-hydrogen) atoms. The fourth-order valence-electron chi connectivity index (χ4n) is 2.44. The van der Waals surface area contributed by atoms with Gasteiger partial charge in [-0.2, -0.15) is 0 Å². The van der Waals surface area contributed by atoms with Crippen molar-refractivity contribution >= 4 is 11.6 Å². The van der Waals surface area contributed by atoms with Crippen molar-refractivity contribution in [2.24, 2.45) is 0 Å². The highest BCUT2D eigenvalue weighted by molar-refractivity contribution is 5.95. The van der Waals surface area contributed by atoms with Crippen LogP contribution in [0.25, 0.3) is 0 Å². The van der Waals surface area contributed by atoms with E-state index in [1.807, 2.05) is 6.07 Å². The predicted molar refractivity (Wildman–Crippen MR) is 74.8 cm³/mol.